The molecular weight excluding hydrogens is 1060 g/mol. The summed E-state index contributed by atoms with van der Waals surface area (Å²) in [6.07, 6.45) is -5.25. The fourth-order valence-corrected chi connectivity index (χ4v) is 7.04. The topological polar surface area (TPSA) is 183 Å². The lowest BCUT2D eigenvalue weighted by Crippen LogP contribution is -2.38. The van der Waals surface area contributed by atoms with Crippen LogP contribution in [0.1, 0.15) is 91.6 Å². The minimum Gasteiger partial charge on any atom is -0.478 e. The fraction of sp³-hybridized carbons (Fsp3) is 0.250. The molecular formula is C48H39Cl3F8N6O9. The molecule has 0 radical (unpaired) electrons. The van der Waals surface area contributed by atoms with Gasteiger partial charge >= 0.3 is 24.3 Å². The van der Waals surface area contributed by atoms with Crippen LogP contribution in [0.3, 0.4) is 0 Å². The van der Waals surface area contributed by atoms with Crippen LogP contribution in [-0.4, -0.2) is 75.1 Å². The van der Waals surface area contributed by atoms with E-state index < -0.39 is 99.8 Å². The van der Waals surface area contributed by atoms with Crippen LogP contribution in [0.4, 0.5) is 46.5 Å². The Kier molecular flexibility index (Phi) is 18.9. The molecule has 74 heavy (non-hydrogen) atoms. The summed E-state index contributed by atoms with van der Waals surface area (Å²) < 4.78 is 132. The van der Waals surface area contributed by atoms with Crippen LogP contribution in [-0.2, 0) is 34.3 Å². The Morgan fingerprint density at radius 1 is 0.622 bits per heavy atom. The van der Waals surface area contributed by atoms with E-state index in [9.17, 15) is 50.6 Å². The second kappa shape index (κ2) is 24.2. The first-order chi connectivity index (χ1) is 34.7. The molecule has 4 heterocycles. The van der Waals surface area contributed by atoms with Crippen molar-refractivity contribution in [1.82, 2.24) is 19.9 Å². The number of carboxylic acids is 1. The van der Waals surface area contributed by atoms with E-state index >= 15 is 8.78 Å². The van der Waals surface area contributed by atoms with Crippen LogP contribution in [0, 0.1) is 11.6 Å². The molecule has 0 atom stereocenters. The average Bonchev–Trinajstić information content (AvgIpc) is 3.33. The summed E-state index contributed by atoms with van der Waals surface area (Å²) in [7, 11) is 2.34. The van der Waals surface area contributed by atoms with E-state index in [1.54, 1.807) is 27.7 Å². The molecule has 2 aromatic carbocycles. The number of alkyl halides is 7. The van der Waals surface area contributed by atoms with Crippen LogP contribution in [0.5, 0.6) is 23.3 Å². The first-order valence-corrected chi connectivity index (χ1v) is 22.4. The zero-order valence-electron chi connectivity index (χ0n) is 39.2. The second-order valence-corrected chi connectivity index (χ2v) is 17.0. The summed E-state index contributed by atoms with van der Waals surface area (Å²) >= 11 is 17.2. The Bertz CT molecular complexity index is 3040. The second-order valence-electron chi connectivity index (χ2n) is 15.8. The van der Waals surface area contributed by atoms with E-state index in [1.165, 1.54) is 43.8 Å². The summed E-state index contributed by atoms with van der Waals surface area (Å²) in [6.45, 7) is 6.17. The Labute approximate surface area is 430 Å². The maximum atomic E-state index is 15.2. The van der Waals surface area contributed by atoms with Crippen molar-refractivity contribution in [3.8, 4) is 23.3 Å². The van der Waals surface area contributed by atoms with Crippen molar-refractivity contribution in [2.45, 2.75) is 64.6 Å². The van der Waals surface area contributed by atoms with Gasteiger partial charge in [-0.3, -0.25) is 9.59 Å². The molecule has 0 aliphatic carbocycles. The first kappa shape index (κ1) is 57.7. The highest BCUT2D eigenvalue weighted by Gasteiger charge is 2.38. The van der Waals surface area contributed by atoms with E-state index in [0.717, 1.165) is 53.6 Å². The molecule has 392 valence electrons. The molecule has 6 rings (SSSR count). The van der Waals surface area contributed by atoms with Crippen molar-refractivity contribution >= 4 is 69.9 Å². The van der Waals surface area contributed by atoms with Gasteiger partial charge in [0.15, 0.2) is 23.1 Å². The number of hydrogen-bond acceptors (Lipinski definition) is 12. The number of esters is 1. The number of anilines is 2. The Hall–Kier alpha value is -7.21. The molecule has 0 saturated heterocycles. The third kappa shape index (κ3) is 13.9. The Morgan fingerprint density at radius 3 is 1.41 bits per heavy atom. The van der Waals surface area contributed by atoms with Gasteiger partial charge in [0.25, 0.3) is 11.8 Å². The van der Waals surface area contributed by atoms with E-state index in [-0.39, 0.29) is 62.0 Å². The zero-order valence-corrected chi connectivity index (χ0v) is 41.5. The molecule has 0 unspecified atom stereocenters. The van der Waals surface area contributed by atoms with Gasteiger partial charge < -0.3 is 33.9 Å². The molecule has 4 aromatic heterocycles. The van der Waals surface area contributed by atoms with Crippen molar-refractivity contribution in [2.75, 3.05) is 24.0 Å². The third-order valence-corrected chi connectivity index (χ3v) is 10.7. The van der Waals surface area contributed by atoms with Gasteiger partial charge in [-0.25, -0.2) is 38.3 Å². The minimum absolute atomic E-state index is 0.0481. The number of carboxylic acid groups (broad SMARTS) is 1. The van der Waals surface area contributed by atoms with Gasteiger partial charge in [-0.2, -0.15) is 26.3 Å². The number of aromatic carboxylic acids is 1. The molecule has 0 aliphatic heterocycles. The highest BCUT2D eigenvalue weighted by molar-refractivity contribution is 6.30. The van der Waals surface area contributed by atoms with Gasteiger partial charge in [0, 0.05) is 74.1 Å². The standard InChI is InChI=1S/C24H19Cl2F4N3O4.C24H20ClF4N3O5/c1-12(2)33(22(34)18-5-4-14(26)11-31-18)19-8-17(27)20(7-15(19)23(35)36-3)37-21-16(24(28,29)30)6-13(9-25)10-32-21;1-12(2)32(22(33)18-5-4-14(25)10-30-18)19-8-17(26)20(7-15(19)23(34)35)37-21-16(24(27,28)29)6-13(9-31-21)11-36-3/h4-8,10-12H,9H2,1-3H3;4-10,12H,11H2,1-3H3,(H,34,35). The van der Waals surface area contributed by atoms with Crippen molar-refractivity contribution in [2.24, 2.45) is 0 Å². The number of aromatic nitrogens is 4. The first-order valence-electron chi connectivity index (χ1n) is 21.1. The molecule has 0 saturated carbocycles. The van der Waals surface area contributed by atoms with Crippen LogP contribution in [0.2, 0.25) is 10.0 Å². The average molecular weight is 1100 g/mol. The molecule has 0 fully saturated rings. The van der Waals surface area contributed by atoms with Gasteiger partial charge in [0.1, 0.15) is 22.5 Å². The smallest absolute Gasteiger partial charge is 0.421 e. The van der Waals surface area contributed by atoms with Crippen molar-refractivity contribution in [3.05, 3.63) is 152 Å². The molecule has 15 nitrogen and oxygen atoms in total. The quantitative estimate of drug-likeness (QED) is 0.0583. The number of amides is 2. The van der Waals surface area contributed by atoms with Crippen molar-refractivity contribution in [1.29, 1.82) is 0 Å². The predicted molar refractivity (Wildman–Crippen MR) is 252 cm³/mol. The molecule has 26 heteroatoms. The largest absolute Gasteiger partial charge is 0.478 e. The molecule has 1 N–H and O–H groups in total. The van der Waals surface area contributed by atoms with Crippen LogP contribution >= 0.6 is 34.8 Å². The summed E-state index contributed by atoms with van der Waals surface area (Å²) in [6, 6.07) is 8.68. The monoisotopic (exact) mass is 1100 g/mol. The number of hydrogen-bond donors (Lipinski definition) is 1. The summed E-state index contributed by atoms with van der Waals surface area (Å²) in [5.41, 5.74) is -4.10. The Balaban J connectivity index is 0.000000274. The lowest BCUT2D eigenvalue weighted by Gasteiger charge is -2.28. The van der Waals surface area contributed by atoms with E-state index in [1.807, 2.05) is 0 Å². The number of ether oxygens (including phenoxy) is 4. The van der Waals surface area contributed by atoms with Crippen LogP contribution in [0.25, 0.3) is 0 Å². The van der Waals surface area contributed by atoms with Gasteiger partial charge in [-0.05, 0) is 75.2 Å². The molecule has 2 amide bonds. The Morgan fingerprint density at radius 2 is 1.04 bits per heavy atom. The zero-order chi connectivity index (χ0) is 55.0. The third-order valence-electron chi connectivity index (χ3n) is 9.92. The van der Waals surface area contributed by atoms with Gasteiger partial charge in [-0.15, -0.1) is 11.6 Å². The van der Waals surface area contributed by atoms with Crippen LogP contribution in [0.15, 0.2) is 85.5 Å². The molecule has 0 aliphatic rings. The van der Waals surface area contributed by atoms with Gasteiger partial charge in [-0.1, -0.05) is 23.2 Å². The number of rotatable bonds is 15. The minimum atomic E-state index is -4.91. The number of pyridine rings is 4. The number of carbonyl (C=O) groups excluding carboxylic acids is 3. The van der Waals surface area contributed by atoms with Gasteiger partial charge in [0.05, 0.1) is 46.3 Å². The highest BCUT2D eigenvalue weighted by atomic mass is 35.5. The lowest BCUT2D eigenvalue weighted by atomic mass is 10.1. The number of methoxy groups -OCH3 is 2. The normalized spacial score (nSPS) is 11.4. The highest BCUT2D eigenvalue weighted by Crippen LogP contribution is 2.42. The molecule has 6 aromatic rings. The molecule has 0 bridgehead atoms. The maximum absolute atomic E-state index is 15.2. The number of halogens is 11. The maximum Gasteiger partial charge on any atom is 0.421 e. The van der Waals surface area contributed by atoms with Crippen molar-refractivity contribution < 1.29 is 78.4 Å². The summed E-state index contributed by atoms with van der Waals surface area (Å²) in [5.74, 6) is -10.2. The SMILES string of the molecule is COC(=O)c1cc(Oc2ncc(CCl)cc2C(F)(F)F)c(F)cc1N(C(=O)c1ccc(Cl)cn1)C(C)C.COCc1cnc(Oc2cc(C(=O)O)c(N(C(=O)c3ccc(Cl)cn3)C(C)C)cc2F)c(C(F)(F)F)c1. The number of carbonyl (C=O) groups is 4. The van der Waals surface area contributed by atoms with E-state index in [2.05, 4.69) is 19.9 Å². The predicted octanol–water partition coefficient (Wildman–Crippen LogP) is 12.6. The number of benzene rings is 2. The van der Waals surface area contributed by atoms with Crippen molar-refractivity contribution in [3.63, 3.8) is 0 Å². The van der Waals surface area contributed by atoms with E-state index in [0.29, 0.717) is 12.1 Å². The number of nitrogens with zero attached hydrogens (tertiary/aromatic N) is 6. The van der Waals surface area contributed by atoms with E-state index in [4.69, 9.17) is 53.8 Å². The lowest BCUT2D eigenvalue weighted by molar-refractivity contribution is -0.139. The fourth-order valence-electron chi connectivity index (χ4n) is 6.67. The summed E-state index contributed by atoms with van der Waals surface area (Å²) in [5, 5.41) is 10.3. The summed E-state index contributed by atoms with van der Waals surface area (Å²) in [4.78, 5) is 68.2. The molecule has 0 spiro atoms. The van der Waals surface area contributed by atoms with Crippen LogP contribution < -0.4 is 19.3 Å². The van der Waals surface area contributed by atoms with Gasteiger partial charge in [0.2, 0.25) is 11.8 Å².